The predicted molar refractivity (Wildman–Crippen MR) is 89.0 cm³/mol. The van der Waals surface area contributed by atoms with Crippen molar-refractivity contribution in [3.8, 4) is 0 Å². The van der Waals surface area contributed by atoms with Gasteiger partial charge in [0.15, 0.2) is 11.7 Å². The van der Waals surface area contributed by atoms with Crippen molar-refractivity contribution in [3.63, 3.8) is 0 Å². The summed E-state index contributed by atoms with van der Waals surface area (Å²) in [5.41, 5.74) is 2.57. The zero-order valence-corrected chi connectivity index (χ0v) is 13.7. The number of carbonyl (C=O) groups is 1. The number of hydrogen-bond acceptors (Lipinski definition) is 5. The number of thiazole rings is 1. The number of carbonyl (C=O) groups excluding carboxylic acids is 1. The van der Waals surface area contributed by atoms with Gasteiger partial charge in [-0.05, 0) is 12.5 Å². The Balaban J connectivity index is 1.87. The number of rotatable bonds is 6. The molecule has 1 heterocycles. The van der Waals surface area contributed by atoms with Crippen molar-refractivity contribution in [2.75, 3.05) is 5.32 Å². The zero-order chi connectivity index (χ0) is 15.9. The Morgan fingerprint density at radius 1 is 1.36 bits per heavy atom. The molecular weight excluding hydrogens is 298 g/mol. The molecule has 0 bridgehead atoms. The summed E-state index contributed by atoms with van der Waals surface area (Å²) < 4.78 is 0. The summed E-state index contributed by atoms with van der Waals surface area (Å²) in [5.74, 6) is -0.110. The second-order valence-electron chi connectivity index (χ2n) is 5.10. The highest BCUT2D eigenvalue weighted by Gasteiger charge is 2.10. The first-order valence-corrected chi connectivity index (χ1v) is 7.91. The van der Waals surface area contributed by atoms with E-state index in [1.165, 1.54) is 11.3 Å². The SMILES string of the molecule is C/C(=N\OCc1csc(NC(=O)C(C)C)n1)c1ccccc1. The van der Waals surface area contributed by atoms with E-state index in [2.05, 4.69) is 15.5 Å². The third-order valence-electron chi connectivity index (χ3n) is 2.91. The van der Waals surface area contributed by atoms with Crippen molar-refractivity contribution >= 4 is 28.1 Å². The summed E-state index contributed by atoms with van der Waals surface area (Å²) in [6.45, 7) is 5.85. The highest BCUT2D eigenvalue weighted by atomic mass is 32.1. The number of oxime groups is 1. The molecule has 6 heteroatoms. The second-order valence-corrected chi connectivity index (χ2v) is 5.96. The Morgan fingerprint density at radius 2 is 2.09 bits per heavy atom. The molecule has 0 saturated heterocycles. The molecule has 0 aliphatic heterocycles. The van der Waals surface area contributed by atoms with Crippen LogP contribution in [0.25, 0.3) is 0 Å². The lowest BCUT2D eigenvalue weighted by Crippen LogP contribution is -2.17. The van der Waals surface area contributed by atoms with Crippen LogP contribution in [0.1, 0.15) is 32.0 Å². The highest BCUT2D eigenvalue weighted by molar-refractivity contribution is 7.13. The van der Waals surface area contributed by atoms with Gasteiger partial charge in [-0.25, -0.2) is 4.98 Å². The van der Waals surface area contributed by atoms with Crippen molar-refractivity contribution in [1.29, 1.82) is 0 Å². The van der Waals surface area contributed by atoms with Crippen LogP contribution in [0.3, 0.4) is 0 Å². The maximum atomic E-state index is 11.6. The van der Waals surface area contributed by atoms with E-state index in [0.717, 1.165) is 17.0 Å². The van der Waals surface area contributed by atoms with Gasteiger partial charge in [0.05, 0.1) is 11.4 Å². The molecule has 1 N–H and O–H groups in total. The first kappa shape index (κ1) is 16.2. The fourth-order valence-electron chi connectivity index (χ4n) is 1.61. The molecule has 2 aromatic rings. The minimum Gasteiger partial charge on any atom is -0.389 e. The summed E-state index contributed by atoms with van der Waals surface area (Å²) in [6.07, 6.45) is 0. The average Bonchev–Trinajstić information content (AvgIpc) is 2.95. The van der Waals surface area contributed by atoms with E-state index in [1.807, 2.05) is 56.5 Å². The van der Waals surface area contributed by atoms with E-state index in [0.29, 0.717) is 5.13 Å². The third kappa shape index (κ3) is 4.66. The number of nitrogens with one attached hydrogen (secondary N) is 1. The zero-order valence-electron chi connectivity index (χ0n) is 12.9. The molecule has 2 rings (SSSR count). The molecule has 0 fully saturated rings. The first-order chi connectivity index (χ1) is 10.6. The maximum Gasteiger partial charge on any atom is 0.228 e. The maximum absolute atomic E-state index is 11.6. The molecule has 0 spiro atoms. The Bertz CT molecular complexity index is 650. The summed E-state index contributed by atoms with van der Waals surface area (Å²) >= 11 is 1.38. The Labute approximate surface area is 134 Å². The molecule has 1 aromatic carbocycles. The monoisotopic (exact) mass is 317 g/mol. The minimum absolute atomic E-state index is 0.0419. The largest absolute Gasteiger partial charge is 0.389 e. The van der Waals surface area contributed by atoms with Crippen molar-refractivity contribution in [2.24, 2.45) is 11.1 Å². The lowest BCUT2D eigenvalue weighted by atomic mass is 10.1. The van der Waals surface area contributed by atoms with Crippen LogP contribution in [0.5, 0.6) is 0 Å². The lowest BCUT2D eigenvalue weighted by molar-refractivity contribution is -0.118. The van der Waals surface area contributed by atoms with Crippen LogP contribution in [0.15, 0.2) is 40.9 Å². The number of amides is 1. The second kappa shape index (κ2) is 7.70. The van der Waals surface area contributed by atoms with Crippen LogP contribution in [0.2, 0.25) is 0 Å². The molecule has 1 aromatic heterocycles. The summed E-state index contributed by atoms with van der Waals surface area (Å²) in [4.78, 5) is 21.2. The van der Waals surface area contributed by atoms with Gasteiger partial charge in [-0.3, -0.25) is 4.79 Å². The van der Waals surface area contributed by atoms with Gasteiger partial charge in [0.1, 0.15) is 0 Å². The highest BCUT2D eigenvalue weighted by Crippen LogP contribution is 2.17. The Kier molecular flexibility index (Phi) is 5.66. The van der Waals surface area contributed by atoms with E-state index < -0.39 is 0 Å². The molecule has 116 valence electrons. The molecule has 5 nitrogen and oxygen atoms in total. The molecule has 0 radical (unpaired) electrons. The normalized spacial score (nSPS) is 11.5. The molecule has 1 amide bonds. The van der Waals surface area contributed by atoms with E-state index >= 15 is 0 Å². The number of aromatic nitrogens is 1. The van der Waals surface area contributed by atoms with Crippen LogP contribution in [0, 0.1) is 5.92 Å². The van der Waals surface area contributed by atoms with Crippen LogP contribution in [-0.2, 0) is 16.2 Å². The number of hydrogen-bond donors (Lipinski definition) is 1. The van der Waals surface area contributed by atoms with Crippen molar-refractivity contribution in [3.05, 3.63) is 47.0 Å². The molecular formula is C16H19N3O2S. The Hall–Kier alpha value is -2.21. The van der Waals surface area contributed by atoms with Crippen molar-refractivity contribution in [2.45, 2.75) is 27.4 Å². The van der Waals surface area contributed by atoms with Gasteiger partial charge in [-0.15, -0.1) is 11.3 Å². The van der Waals surface area contributed by atoms with E-state index in [9.17, 15) is 4.79 Å². The van der Waals surface area contributed by atoms with Gasteiger partial charge in [-0.1, -0.05) is 49.3 Å². The average molecular weight is 317 g/mol. The number of nitrogens with zero attached hydrogens (tertiary/aromatic N) is 2. The number of anilines is 1. The van der Waals surface area contributed by atoms with Crippen molar-refractivity contribution in [1.82, 2.24) is 4.98 Å². The van der Waals surface area contributed by atoms with Crippen LogP contribution >= 0.6 is 11.3 Å². The van der Waals surface area contributed by atoms with Gasteiger partial charge >= 0.3 is 0 Å². The summed E-state index contributed by atoms with van der Waals surface area (Å²) in [5, 5.41) is 9.28. The minimum atomic E-state index is -0.0678. The van der Waals surface area contributed by atoms with Gasteiger partial charge < -0.3 is 10.2 Å². The molecule has 0 aliphatic carbocycles. The third-order valence-corrected chi connectivity index (χ3v) is 3.72. The predicted octanol–water partition coefficient (Wildman–Crippen LogP) is 3.68. The summed E-state index contributed by atoms with van der Waals surface area (Å²) in [7, 11) is 0. The lowest BCUT2D eigenvalue weighted by Gasteiger charge is -2.03. The fourth-order valence-corrected chi connectivity index (χ4v) is 2.31. The molecule has 0 unspecified atom stereocenters. The summed E-state index contributed by atoms with van der Waals surface area (Å²) in [6, 6.07) is 9.83. The van der Waals surface area contributed by atoms with Gasteiger partial charge in [0.25, 0.3) is 0 Å². The van der Waals surface area contributed by atoms with Gasteiger partial charge in [0, 0.05) is 11.3 Å². The van der Waals surface area contributed by atoms with Crippen LogP contribution in [0.4, 0.5) is 5.13 Å². The Morgan fingerprint density at radius 3 is 2.77 bits per heavy atom. The molecule has 0 atom stereocenters. The first-order valence-electron chi connectivity index (χ1n) is 7.03. The smallest absolute Gasteiger partial charge is 0.228 e. The molecule has 0 saturated carbocycles. The quantitative estimate of drug-likeness (QED) is 0.653. The van der Waals surface area contributed by atoms with Gasteiger partial charge in [-0.2, -0.15) is 0 Å². The van der Waals surface area contributed by atoms with Crippen molar-refractivity contribution < 1.29 is 9.63 Å². The molecule has 0 aliphatic rings. The topological polar surface area (TPSA) is 63.6 Å². The van der Waals surface area contributed by atoms with Gasteiger partial charge in [0.2, 0.25) is 5.91 Å². The van der Waals surface area contributed by atoms with Crippen LogP contribution in [-0.4, -0.2) is 16.6 Å². The molecule has 22 heavy (non-hydrogen) atoms. The fraction of sp³-hybridized carbons (Fsp3) is 0.312. The van der Waals surface area contributed by atoms with E-state index in [1.54, 1.807) is 0 Å². The van der Waals surface area contributed by atoms with E-state index in [4.69, 9.17) is 4.84 Å². The van der Waals surface area contributed by atoms with Crippen LogP contribution < -0.4 is 5.32 Å². The van der Waals surface area contributed by atoms with E-state index in [-0.39, 0.29) is 18.4 Å². The number of benzene rings is 1. The standard InChI is InChI=1S/C16H19N3O2S/c1-11(2)15(20)18-16-17-14(10-22-16)9-21-19-12(3)13-7-5-4-6-8-13/h4-8,10-11H,9H2,1-3H3,(H,17,18,20)/b19-12+.